The predicted molar refractivity (Wildman–Crippen MR) is 131 cm³/mol. The summed E-state index contributed by atoms with van der Waals surface area (Å²) in [7, 11) is 1.90. The maximum atomic E-state index is 13.8. The van der Waals surface area contributed by atoms with E-state index < -0.39 is 11.7 Å². The number of likely N-dealkylation sites (N-methyl/N-ethyl adjacent to an activating group) is 1. The van der Waals surface area contributed by atoms with Gasteiger partial charge in [0.25, 0.3) is 0 Å². The molecule has 1 unspecified atom stereocenters. The Balaban J connectivity index is 2.04. The molecule has 2 aromatic carbocycles. The summed E-state index contributed by atoms with van der Waals surface area (Å²) in [6.45, 7) is 5.42. The number of benzene rings is 2. The molecule has 182 valence electrons. The first-order valence-electron chi connectivity index (χ1n) is 11.3. The number of nitrogens with one attached hydrogen (secondary N) is 2. The molecule has 0 heterocycles. The third-order valence-corrected chi connectivity index (χ3v) is 5.93. The average molecular weight is 473 g/mol. The van der Waals surface area contributed by atoms with Gasteiger partial charge in [0, 0.05) is 16.8 Å². The summed E-state index contributed by atoms with van der Waals surface area (Å²) >= 11 is 0. The lowest BCUT2D eigenvalue weighted by Gasteiger charge is -2.27. The standard InChI is InChI=1S/C26H32F3N5/c1-16-14-17(2)24(20-10-5-4-8-18(16)20)34-23(30)15-21(25(31)33-13-12-32-3)19-9-6-7-11-22(19)26(27,28)29/h4-11,15-16,32-34H,12-14,30-31H2,1-3H3/p+1. The molecular formula is C26H33F3N5+. The lowest BCUT2D eigenvalue weighted by molar-refractivity contribution is -0.624. The fraction of sp³-hybridized carbons (Fsp3) is 0.308. The lowest BCUT2D eigenvalue weighted by Crippen LogP contribution is -2.81. The highest BCUT2D eigenvalue weighted by Crippen LogP contribution is 2.38. The van der Waals surface area contributed by atoms with Crippen LogP contribution in [0.15, 0.2) is 71.8 Å². The van der Waals surface area contributed by atoms with Gasteiger partial charge in [0.15, 0.2) is 0 Å². The van der Waals surface area contributed by atoms with E-state index in [1.807, 2.05) is 37.5 Å². The predicted octanol–water partition coefficient (Wildman–Crippen LogP) is 3.44. The second-order valence-corrected chi connectivity index (χ2v) is 8.57. The highest BCUT2D eigenvalue weighted by Gasteiger charge is 2.34. The third kappa shape index (κ3) is 5.75. The van der Waals surface area contributed by atoms with E-state index in [-0.39, 0.29) is 22.8 Å². The van der Waals surface area contributed by atoms with Crippen molar-refractivity contribution in [2.24, 2.45) is 11.5 Å². The van der Waals surface area contributed by atoms with Crippen LogP contribution in [0.4, 0.5) is 13.2 Å². The Kier molecular flexibility index (Phi) is 7.94. The molecule has 0 aromatic heterocycles. The normalized spacial score (nSPS) is 17.2. The van der Waals surface area contributed by atoms with E-state index in [1.54, 1.807) is 6.07 Å². The summed E-state index contributed by atoms with van der Waals surface area (Å²) < 4.78 is 41.3. The maximum Gasteiger partial charge on any atom is 0.417 e. The second kappa shape index (κ2) is 10.7. The first-order chi connectivity index (χ1) is 16.1. The van der Waals surface area contributed by atoms with Crippen molar-refractivity contribution in [3.63, 3.8) is 0 Å². The molecule has 34 heavy (non-hydrogen) atoms. The molecule has 8 N–H and O–H groups in total. The van der Waals surface area contributed by atoms with Crippen LogP contribution in [-0.4, -0.2) is 20.1 Å². The fourth-order valence-electron chi connectivity index (χ4n) is 4.28. The number of hydrogen-bond acceptors (Lipinski definition) is 4. The molecule has 3 rings (SSSR count). The second-order valence-electron chi connectivity index (χ2n) is 8.57. The zero-order valence-electron chi connectivity index (χ0n) is 19.8. The molecule has 0 bridgehead atoms. The monoisotopic (exact) mass is 472 g/mol. The molecule has 0 aliphatic heterocycles. The SMILES string of the molecule is C[NH2+]CCNC(N)=C(C=C(N)NC1=C(C)CC(C)c2ccccc21)c1ccccc1C(F)(F)F. The number of nitrogens with two attached hydrogens (primary N) is 3. The van der Waals surface area contributed by atoms with Crippen molar-refractivity contribution in [3.8, 4) is 0 Å². The summed E-state index contributed by atoms with van der Waals surface area (Å²) in [5, 5.41) is 8.21. The molecule has 0 spiro atoms. The van der Waals surface area contributed by atoms with Crippen LogP contribution >= 0.6 is 0 Å². The number of allylic oxidation sites excluding steroid dienone is 3. The molecule has 0 saturated heterocycles. The quantitative estimate of drug-likeness (QED) is 0.301. The minimum absolute atomic E-state index is 0.0337. The van der Waals surface area contributed by atoms with E-state index in [9.17, 15) is 13.2 Å². The topological polar surface area (TPSA) is 92.7 Å². The Bertz CT molecular complexity index is 1120. The molecule has 8 heteroatoms. The van der Waals surface area contributed by atoms with Crippen LogP contribution < -0.4 is 27.4 Å². The van der Waals surface area contributed by atoms with E-state index in [4.69, 9.17) is 11.5 Å². The maximum absolute atomic E-state index is 13.8. The van der Waals surface area contributed by atoms with Gasteiger partial charge in [-0.3, -0.25) is 0 Å². The molecule has 1 aliphatic rings. The van der Waals surface area contributed by atoms with Crippen molar-refractivity contribution < 1.29 is 18.5 Å². The van der Waals surface area contributed by atoms with Crippen LogP contribution in [0.1, 0.15) is 48.4 Å². The highest BCUT2D eigenvalue weighted by molar-refractivity contribution is 5.80. The number of fused-ring (bicyclic) bond motifs is 1. The summed E-state index contributed by atoms with van der Waals surface area (Å²) in [4.78, 5) is 0. The zero-order chi connectivity index (χ0) is 24.9. The van der Waals surface area contributed by atoms with Gasteiger partial charge in [-0.05, 0) is 48.1 Å². The highest BCUT2D eigenvalue weighted by atomic mass is 19.4. The zero-order valence-corrected chi connectivity index (χ0v) is 19.8. The summed E-state index contributed by atoms with van der Waals surface area (Å²) in [6, 6.07) is 13.4. The van der Waals surface area contributed by atoms with Crippen molar-refractivity contribution in [1.29, 1.82) is 0 Å². The first kappa shape index (κ1) is 25.2. The number of rotatable bonds is 8. The van der Waals surface area contributed by atoms with Gasteiger partial charge < -0.3 is 27.4 Å². The number of quaternary nitrogens is 1. The minimum atomic E-state index is -4.53. The molecule has 0 saturated carbocycles. The molecule has 0 amide bonds. The Morgan fingerprint density at radius 2 is 1.79 bits per heavy atom. The van der Waals surface area contributed by atoms with Crippen molar-refractivity contribution in [2.45, 2.75) is 32.4 Å². The third-order valence-electron chi connectivity index (χ3n) is 5.93. The van der Waals surface area contributed by atoms with E-state index >= 15 is 0 Å². The van der Waals surface area contributed by atoms with E-state index in [1.165, 1.54) is 23.8 Å². The van der Waals surface area contributed by atoms with E-state index in [0.717, 1.165) is 29.3 Å². The molecule has 1 aliphatic carbocycles. The van der Waals surface area contributed by atoms with Crippen LogP contribution in [0.3, 0.4) is 0 Å². The lowest BCUT2D eigenvalue weighted by atomic mass is 9.83. The van der Waals surface area contributed by atoms with Gasteiger partial charge in [0.2, 0.25) is 0 Å². The van der Waals surface area contributed by atoms with Gasteiger partial charge in [-0.15, -0.1) is 0 Å². The Labute approximate surface area is 198 Å². The minimum Gasteiger partial charge on any atom is -0.385 e. The number of halogens is 3. The molecule has 5 nitrogen and oxygen atoms in total. The molecule has 1 atom stereocenters. The van der Waals surface area contributed by atoms with Crippen LogP contribution in [-0.2, 0) is 6.18 Å². The van der Waals surface area contributed by atoms with Crippen molar-refractivity contribution in [3.05, 3.63) is 94.1 Å². The largest absolute Gasteiger partial charge is 0.417 e. The van der Waals surface area contributed by atoms with Crippen molar-refractivity contribution in [1.82, 2.24) is 10.6 Å². The summed E-state index contributed by atoms with van der Waals surface area (Å²) in [5.74, 6) is 0.709. The number of hydrogen-bond donors (Lipinski definition) is 5. The Morgan fingerprint density at radius 1 is 1.12 bits per heavy atom. The van der Waals surface area contributed by atoms with Crippen LogP contribution in [0.5, 0.6) is 0 Å². The van der Waals surface area contributed by atoms with Gasteiger partial charge in [0.1, 0.15) is 11.6 Å². The van der Waals surface area contributed by atoms with Crippen LogP contribution in [0.25, 0.3) is 11.3 Å². The van der Waals surface area contributed by atoms with Gasteiger partial charge in [0.05, 0.1) is 25.7 Å². The van der Waals surface area contributed by atoms with Gasteiger partial charge >= 0.3 is 6.18 Å². The van der Waals surface area contributed by atoms with E-state index in [2.05, 4.69) is 23.6 Å². The average Bonchev–Trinajstić information content (AvgIpc) is 2.79. The van der Waals surface area contributed by atoms with Crippen LogP contribution in [0.2, 0.25) is 0 Å². The van der Waals surface area contributed by atoms with Crippen LogP contribution in [0, 0.1) is 0 Å². The molecule has 2 aromatic rings. The van der Waals surface area contributed by atoms with E-state index in [0.29, 0.717) is 19.0 Å². The Morgan fingerprint density at radius 3 is 2.50 bits per heavy atom. The first-order valence-corrected chi connectivity index (χ1v) is 11.3. The number of alkyl halides is 3. The molecule has 0 fully saturated rings. The molecule has 0 radical (unpaired) electrons. The fourth-order valence-corrected chi connectivity index (χ4v) is 4.28. The van der Waals surface area contributed by atoms with Crippen molar-refractivity contribution in [2.75, 3.05) is 20.1 Å². The van der Waals surface area contributed by atoms with Gasteiger partial charge in [-0.25, -0.2) is 0 Å². The summed E-state index contributed by atoms with van der Waals surface area (Å²) in [5.41, 5.74) is 16.2. The molecular weight excluding hydrogens is 439 g/mol. The van der Waals surface area contributed by atoms with Gasteiger partial charge in [-0.2, -0.15) is 13.2 Å². The van der Waals surface area contributed by atoms with Gasteiger partial charge in [-0.1, -0.05) is 49.4 Å². The van der Waals surface area contributed by atoms with Crippen molar-refractivity contribution >= 4 is 11.3 Å². The Hall–Kier alpha value is -3.39. The summed E-state index contributed by atoms with van der Waals surface area (Å²) in [6.07, 6.45) is -2.19. The smallest absolute Gasteiger partial charge is 0.385 e.